The van der Waals surface area contributed by atoms with E-state index in [0.29, 0.717) is 17.8 Å². The minimum Gasteiger partial charge on any atom is -0.345 e. The smallest absolute Gasteiger partial charge is 0.345 e. The summed E-state index contributed by atoms with van der Waals surface area (Å²) in [6, 6.07) is 9.98. The number of nitrogens with one attached hydrogen (secondary N) is 2. The van der Waals surface area contributed by atoms with Gasteiger partial charge in [0.1, 0.15) is 5.82 Å². The van der Waals surface area contributed by atoms with Crippen molar-refractivity contribution in [3.63, 3.8) is 0 Å². The normalized spacial score (nSPS) is 11.8. The highest BCUT2D eigenvalue weighted by atomic mass is 35.5. The number of hydrogen-bond acceptors (Lipinski definition) is 5. The molecular weight excluding hydrogens is 650 g/mol. The second-order valence-corrected chi connectivity index (χ2v) is 10.3. The highest BCUT2D eigenvalue weighted by Gasteiger charge is 2.32. The van der Waals surface area contributed by atoms with Gasteiger partial charge in [-0.2, -0.15) is 26.3 Å². The molecule has 0 atom stereocenters. The van der Waals surface area contributed by atoms with Crippen LogP contribution in [0.5, 0.6) is 0 Å². The van der Waals surface area contributed by atoms with Crippen LogP contribution in [0.15, 0.2) is 65.8 Å². The summed E-state index contributed by atoms with van der Waals surface area (Å²) in [5, 5.41) is 12.0. The standard InChI is InChI=1S/C26H16Cl2F7N5O2S/c27-16-8-7-14(26(33,34)35)10-19(16)37-21(41)12-43-24-39-38-20(11-36-23(42)22-17(28)5-2-6-18(22)29)40(24)15-4-1-3-13(9-15)25(30,31)32/h1-10H,11-12H2,(H,36,42)(H,37,41). The summed E-state index contributed by atoms with van der Waals surface area (Å²) in [5.74, 6) is -3.22. The first-order valence-electron chi connectivity index (χ1n) is 11.8. The number of nitrogens with zero attached hydrogens (tertiary/aromatic N) is 3. The highest BCUT2D eigenvalue weighted by Crippen LogP contribution is 2.35. The fourth-order valence-electron chi connectivity index (χ4n) is 3.67. The van der Waals surface area contributed by atoms with Gasteiger partial charge in [-0.3, -0.25) is 14.2 Å². The minimum atomic E-state index is -4.71. The molecule has 0 fully saturated rings. The summed E-state index contributed by atoms with van der Waals surface area (Å²) in [7, 11) is 0. The third-order valence-corrected chi connectivity index (χ3v) is 7.20. The van der Waals surface area contributed by atoms with E-state index in [4.69, 9.17) is 23.2 Å². The van der Waals surface area contributed by atoms with E-state index < -0.39 is 59.0 Å². The molecule has 4 rings (SSSR count). The van der Waals surface area contributed by atoms with Gasteiger partial charge in [0, 0.05) is 0 Å². The van der Waals surface area contributed by atoms with E-state index >= 15 is 0 Å². The molecule has 0 bridgehead atoms. The minimum absolute atomic E-state index is 0.0863. The zero-order chi connectivity index (χ0) is 31.5. The zero-order valence-electron chi connectivity index (χ0n) is 21.2. The fourth-order valence-corrected chi connectivity index (χ4v) is 4.85. The van der Waals surface area contributed by atoms with Crippen molar-refractivity contribution in [1.82, 2.24) is 20.1 Å². The van der Waals surface area contributed by atoms with Gasteiger partial charge in [0.05, 0.1) is 50.4 Å². The average molecular weight is 666 g/mol. The van der Waals surface area contributed by atoms with Crippen LogP contribution in [0.3, 0.4) is 0 Å². The molecule has 17 heteroatoms. The Balaban J connectivity index is 1.59. The molecule has 43 heavy (non-hydrogen) atoms. The zero-order valence-corrected chi connectivity index (χ0v) is 23.5. The largest absolute Gasteiger partial charge is 0.416 e. The molecule has 0 unspecified atom stereocenters. The third kappa shape index (κ3) is 7.77. The first kappa shape index (κ1) is 32.1. The first-order chi connectivity index (χ1) is 20.1. The van der Waals surface area contributed by atoms with Crippen LogP contribution in [0.25, 0.3) is 5.69 Å². The van der Waals surface area contributed by atoms with Crippen LogP contribution in [0.2, 0.25) is 10.0 Å². The Morgan fingerprint density at radius 3 is 2.21 bits per heavy atom. The van der Waals surface area contributed by atoms with Gasteiger partial charge in [0.15, 0.2) is 11.0 Å². The van der Waals surface area contributed by atoms with Crippen molar-refractivity contribution in [1.29, 1.82) is 0 Å². The Morgan fingerprint density at radius 2 is 1.53 bits per heavy atom. The monoisotopic (exact) mass is 665 g/mol. The number of halogens is 9. The van der Waals surface area contributed by atoms with Gasteiger partial charge in [0.25, 0.3) is 5.91 Å². The molecular formula is C26H16Cl2F7N5O2S. The molecule has 226 valence electrons. The number of hydrogen-bond donors (Lipinski definition) is 2. The van der Waals surface area contributed by atoms with Crippen LogP contribution < -0.4 is 10.6 Å². The Labute approximate surface area is 252 Å². The number of rotatable bonds is 8. The number of benzene rings is 3. The van der Waals surface area contributed by atoms with E-state index in [2.05, 4.69) is 20.8 Å². The second kappa shape index (κ2) is 12.8. The molecule has 1 aromatic heterocycles. The molecule has 0 aliphatic rings. The van der Waals surface area contributed by atoms with E-state index in [1.54, 1.807) is 0 Å². The van der Waals surface area contributed by atoms with Crippen LogP contribution in [0.1, 0.15) is 27.3 Å². The lowest BCUT2D eigenvalue weighted by Crippen LogP contribution is -2.26. The Hall–Kier alpha value is -3.82. The summed E-state index contributed by atoms with van der Waals surface area (Å²) in [6.07, 6.45) is -9.40. The maximum Gasteiger partial charge on any atom is 0.416 e. The van der Waals surface area contributed by atoms with Crippen molar-refractivity contribution in [2.24, 2.45) is 0 Å². The summed E-state index contributed by atoms with van der Waals surface area (Å²) < 4.78 is 94.8. The lowest BCUT2D eigenvalue weighted by molar-refractivity contribution is -0.138. The number of amides is 2. The number of aromatic nitrogens is 3. The average Bonchev–Trinajstić information content (AvgIpc) is 3.33. The number of carbonyl (C=O) groups excluding carboxylic acids is 2. The maximum absolute atomic E-state index is 14.2. The van der Waals surface area contributed by atoms with Crippen LogP contribution >= 0.6 is 35.0 Å². The van der Waals surface area contributed by atoms with Gasteiger partial charge in [0.2, 0.25) is 5.91 Å². The molecule has 0 radical (unpaired) electrons. The van der Waals surface area contributed by atoms with Crippen molar-refractivity contribution in [2.75, 3.05) is 11.1 Å². The second-order valence-electron chi connectivity index (χ2n) is 8.59. The number of carbonyl (C=O) groups is 2. The van der Waals surface area contributed by atoms with E-state index in [1.165, 1.54) is 18.2 Å². The van der Waals surface area contributed by atoms with Gasteiger partial charge >= 0.3 is 12.4 Å². The molecule has 0 saturated carbocycles. The lowest BCUT2D eigenvalue weighted by Gasteiger charge is -2.14. The van der Waals surface area contributed by atoms with Crippen molar-refractivity contribution in [2.45, 2.75) is 24.1 Å². The SMILES string of the molecule is O=C(CSc1nnc(CNC(=O)c2c(F)cccc2Cl)n1-c1cccc(C(F)(F)F)c1)Nc1cc(C(F)(F)F)ccc1Cl. The van der Waals surface area contributed by atoms with Crippen LogP contribution in [0, 0.1) is 5.82 Å². The van der Waals surface area contributed by atoms with Gasteiger partial charge in [-0.05, 0) is 48.5 Å². The van der Waals surface area contributed by atoms with Gasteiger partial charge in [-0.1, -0.05) is 47.1 Å². The Morgan fingerprint density at radius 1 is 0.860 bits per heavy atom. The molecule has 1 heterocycles. The predicted molar refractivity (Wildman–Crippen MR) is 145 cm³/mol. The predicted octanol–water partition coefficient (Wildman–Crippen LogP) is 7.41. The number of alkyl halides is 6. The van der Waals surface area contributed by atoms with Gasteiger partial charge in [-0.15, -0.1) is 10.2 Å². The van der Waals surface area contributed by atoms with Crippen LogP contribution in [-0.4, -0.2) is 32.3 Å². The van der Waals surface area contributed by atoms with Crippen molar-refractivity contribution < 1.29 is 40.3 Å². The molecule has 4 aromatic rings. The molecule has 2 amide bonds. The van der Waals surface area contributed by atoms with Crippen LogP contribution in [-0.2, 0) is 23.7 Å². The van der Waals surface area contributed by atoms with Crippen LogP contribution in [0.4, 0.5) is 36.4 Å². The molecule has 0 spiro atoms. The quantitative estimate of drug-likeness (QED) is 0.151. The molecule has 0 aliphatic heterocycles. The summed E-state index contributed by atoms with van der Waals surface area (Å²) in [6.45, 7) is -0.445. The van der Waals surface area contributed by atoms with E-state index in [0.717, 1.165) is 41.0 Å². The Bertz CT molecular complexity index is 1660. The van der Waals surface area contributed by atoms with E-state index in [1.807, 2.05) is 0 Å². The summed E-state index contributed by atoms with van der Waals surface area (Å²) in [5.41, 5.74) is -2.92. The van der Waals surface area contributed by atoms with E-state index in [-0.39, 0.29) is 32.4 Å². The molecule has 3 aromatic carbocycles. The maximum atomic E-state index is 14.2. The third-order valence-electron chi connectivity index (χ3n) is 5.63. The molecule has 0 aliphatic carbocycles. The number of anilines is 1. The Kier molecular flexibility index (Phi) is 9.57. The van der Waals surface area contributed by atoms with E-state index in [9.17, 15) is 40.3 Å². The fraction of sp³-hybridized carbons (Fsp3) is 0.154. The molecule has 2 N–H and O–H groups in total. The summed E-state index contributed by atoms with van der Waals surface area (Å²) >= 11 is 12.5. The molecule has 0 saturated heterocycles. The lowest BCUT2D eigenvalue weighted by atomic mass is 10.2. The highest BCUT2D eigenvalue weighted by molar-refractivity contribution is 7.99. The molecule has 7 nitrogen and oxygen atoms in total. The van der Waals surface area contributed by atoms with Gasteiger partial charge < -0.3 is 10.6 Å². The van der Waals surface area contributed by atoms with Crippen molar-refractivity contribution >= 4 is 52.5 Å². The van der Waals surface area contributed by atoms with Crippen molar-refractivity contribution in [3.8, 4) is 5.69 Å². The summed E-state index contributed by atoms with van der Waals surface area (Å²) in [4.78, 5) is 25.2. The first-order valence-corrected chi connectivity index (χ1v) is 13.5. The topological polar surface area (TPSA) is 88.9 Å². The van der Waals surface area contributed by atoms with Crippen molar-refractivity contribution in [3.05, 3.63) is 99.0 Å². The number of thioether (sulfide) groups is 1. The van der Waals surface area contributed by atoms with Gasteiger partial charge in [-0.25, -0.2) is 4.39 Å².